The molecule has 4 nitrogen and oxygen atoms in total. The third-order valence-corrected chi connectivity index (χ3v) is 3.52. The monoisotopic (exact) mass is 280 g/mol. The zero-order chi connectivity index (χ0) is 13.8. The van der Waals surface area contributed by atoms with Gasteiger partial charge in [0.25, 0.3) is 0 Å². The van der Waals surface area contributed by atoms with Crippen LogP contribution in [0.5, 0.6) is 0 Å². The summed E-state index contributed by atoms with van der Waals surface area (Å²) < 4.78 is 15.5. The third kappa shape index (κ3) is 2.96. The van der Waals surface area contributed by atoms with Crippen LogP contribution in [0.2, 0.25) is 0 Å². The van der Waals surface area contributed by atoms with Crippen molar-refractivity contribution in [3.05, 3.63) is 42.0 Å². The number of thioether (sulfide) groups is 1. The summed E-state index contributed by atoms with van der Waals surface area (Å²) >= 11 is 1.08. The second-order valence-electron chi connectivity index (χ2n) is 3.85. The molecule has 0 saturated carbocycles. The number of benzene rings is 1. The number of rotatable bonds is 5. The number of aromatic nitrogens is 2. The fraction of sp³-hybridized carbons (Fsp3) is 0.231. The van der Waals surface area contributed by atoms with Crippen LogP contribution in [0.3, 0.4) is 0 Å². The Bertz CT molecular complexity index is 598. The molecule has 1 aromatic heterocycles. The molecule has 0 radical (unpaired) electrons. The van der Waals surface area contributed by atoms with Crippen molar-refractivity contribution >= 4 is 17.7 Å². The van der Waals surface area contributed by atoms with Gasteiger partial charge in [-0.3, -0.25) is 9.36 Å². The molecule has 2 aromatic rings. The van der Waals surface area contributed by atoms with Gasteiger partial charge >= 0.3 is 5.97 Å². The van der Waals surface area contributed by atoms with E-state index in [1.807, 2.05) is 6.92 Å². The third-order valence-electron chi connectivity index (χ3n) is 2.58. The van der Waals surface area contributed by atoms with Crippen molar-refractivity contribution in [2.75, 3.05) is 5.75 Å². The Morgan fingerprint density at radius 1 is 1.47 bits per heavy atom. The van der Waals surface area contributed by atoms with Crippen molar-refractivity contribution in [3.8, 4) is 5.69 Å². The lowest BCUT2D eigenvalue weighted by atomic mass is 10.3. The lowest BCUT2D eigenvalue weighted by Gasteiger charge is -2.11. The topological polar surface area (TPSA) is 55.1 Å². The van der Waals surface area contributed by atoms with Crippen molar-refractivity contribution < 1.29 is 14.3 Å². The SMILES string of the molecule is CCc1cnc(SCC(=O)O)n1-c1ccccc1F. The van der Waals surface area contributed by atoms with E-state index in [0.29, 0.717) is 17.3 Å². The van der Waals surface area contributed by atoms with Gasteiger partial charge in [0.2, 0.25) is 0 Å². The predicted octanol–water partition coefficient (Wildman–Crippen LogP) is 2.75. The summed E-state index contributed by atoms with van der Waals surface area (Å²) in [5.74, 6) is -1.38. The van der Waals surface area contributed by atoms with E-state index in [1.54, 1.807) is 29.0 Å². The van der Waals surface area contributed by atoms with Crippen LogP contribution in [0.25, 0.3) is 5.69 Å². The quantitative estimate of drug-likeness (QED) is 0.856. The second kappa shape index (κ2) is 5.88. The van der Waals surface area contributed by atoms with E-state index in [0.717, 1.165) is 17.5 Å². The first-order valence-corrected chi connectivity index (χ1v) is 6.78. The Morgan fingerprint density at radius 3 is 2.84 bits per heavy atom. The Kier molecular flexibility index (Phi) is 4.21. The molecule has 0 atom stereocenters. The number of halogens is 1. The molecular weight excluding hydrogens is 267 g/mol. The summed E-state index contributed by atoms with van der Waals surface area (Å²) in [6, 6.07) is 6.39. The molecular formula is C13H13FN2O2S. The Labute approximate surface area is 114 Å². The molecule has 0 saturated heterocycles. The van der Waals surface area contributed by atoms with Gasteiger partial charge in [-0.15, -0.1) is 0 Å². The maximum Gasteiger partial charge on any atom is 0.313 e. The number of carboxylic acid groups (broad SMARTS) is 1. The van der Waals surface area contributed by atoms with Crippen molar-refractivity contribution in [3.63, 3.8) is 0 Å². The smallest absolute Gasteiger partial charge is 0.313 e. The molecule has 0 aliphatic carbocycles. The average Bonchev–Trinajstić information content (AvgIpc) is 2.79. The summed E-state index contributed by atoms with van der Waals surface area (Å²) in [6.45, 7) is 1.94. The normalized spacial score (nSPS) is 10.6. The molecule has 0 fully saturated rings. The molecule has 0 spiro atoms. The maximum absolute atomic E-state index is 13.9. The molecule has 0 unspecified atom stereocenters. The minimum atomic E-state index is -0.925. The second-order valence-corrected chi connectivity index (χ2v) is 4.80. The van der Waals surface area contributed by atoms with Gasteiger partial charge in [0, 0.05) is 11.9 Å². The highest BCUT2D eigenvalue weighted by Crippen LogP contribution is 2.25. The maximum atomic E-state index is 13.9. The fourth-order valence-electron chi connectivity index (χ4n) is 1.74. The van der Waals surface area contributed by atoms with E-state index in [2.05, 4.69) is 4.98 Å². The number of carbonyl (C=O) groups is 1. The molecule has 1 N–H and O–H groups in total. The standard InChI is InChI=1S/C13H13FN2O2S/c1-2-9-7-15-13(19-8-12(17)18)16(9)11-6-4-3-5-10(11)14/h3-7H,2,8H2,1H3,(H,17,18). The van der Waals surface area contributed by atoms with E-state index in [-0.39, 0.29) is 11.6 Å². The molecule has 0 aliphatic rings. The van der Waals surface area contributed by atoms with Gasteiger partial charge in [0.1, 0.15) is 5.82 Å². The van der Waals surface area contributed by atoms with Crippen molar-refractivity contribution in [2.24, 2.45) is 0 Å². The Balaban J connectivity index is 2.45. The number of aliphatic carboxylic acids is 1. The predicted molar refractivity (Wildman–Crippen MR) is 71.3 cm³/mol. The number of aryl methyl sites for hydroxylation is 1. The van der Waals surface area contributed by atoms with Gasteiger partial charge in [0.05, 0.1) is 11.4 Å². The van der Waals surface area contributed by atoms with Gasteiger partial charge in [-0.1, -0.05) is 30.8 Å². The van der Waals surface area contributed by atoms with Gasteiger partial charge < -0.3 is 5.11 Å². The van der Waals surface area contributed by atoms with Crippen LogP contribution in [0.1, 0.15) is 12.6 Å². The van der Waals surface area contributed by atoms with Crippen molar-refractivity contribution in [2.45, 2.75) is 18.5 Å². The number of para-hydroxylation sites is 1. The highest BCUT2D eigenvalue weighted by atomic mass is 32.2. The van der Waals surface area contributed by atoms with E-state index in [1.165, 1.54) is 6.07 Å². The first kappa shape index (κ1) is 13.6. The number of hydrogen-bond acceptors (Lipinski definition) is 3. The first-order chi connectivity index (χ1) is 9.13. The van der Waals surface area contributed by atoms with Crippen LogP contribution in [-0.4, -0.2) is 26.4 Å². The van der Waals surface area contributed by atoms with Crippen LogP contribution in [0.4, 0.5) is 4.39 Å². The molecule has 6 heteroatoms. The van der Waals surface area contributed by atoms with E-state index >= 15 is 0 Å². The first-order valence-electron chi connectivity index (χ1n) is 5.79. The van der Waals surface area contributed by atoms with Crippen molar-refractivity contribution in [1.82, 2.24) is 9.55 Å². The summed E-state index contributed by atoms with van der Waals surface area (Å²) in [5.41, 5.74) is 1.24. The highest BCUT2D eigenvalue weighted by Gasteiger charge is 2.15. The zero-order valence-corrected chi connectivity index (χ0v) is 11.2. The minimum Gasteiger partial charge on any atom is -0.481 e. The molecule has 1 aromatic carbocycles. The fourth-order valence-corrected chi connectivity index (χ4v) is 2.46. The van der Waals surface area contributed by atoms with E-state index in [9.17, 15) is 9.18 Å². The number of imidazole rings is 1. The van der Waals surface area contributed by atoms with Gasteiger partial charge in [-0.2, -0.15) is 0 Å². The van der Waals surface area contributed by atoms with Crippen LogP contribution in [-0.2, 0) is 11.2 Å². The highest BCUT2D eigenvalue weighted by molar-refractivity contribution is 7.99. The summed E-state index contributed by atoms with van der Waals surface area (Å²) in [5, 5.41) is 9.21. The van der Waals surface area contributed by atoms with Crippen molar-refractivity contribution in [1.29, 1.82) is 0 Å². The summed E-state index contributed by atoms with van der Waals surface area (Å²) in [4.78, 5) is 14.8. The van der Waals surface area contributed by atoms with Crippen LogP contribution in [0, 0.1) is 5.82 Å². The molecule has 100 valence electrons. The van der Waals surface area contributed by atoms with Crippen LogP contribution in [0.15, 0.2) is 35.6 Å². The van der Waals surface area contributed by atoms with Gasteiger partial charge in [-0.25, -0.2) is 9.37 Å². The number of nitrogens with zero attached hydrogens (tertiary/aromatic N) is 2. The Morgan fingerprint density at radius 2 is 2.21 bits per heavy atom. The summed E-state index contributed by atoms with van der Waals surface area (Å²) in [7, 11) is 0. The molecule has 0 amide bonds. The van der Waals surface area contributed by atoms with Gasteiger partial charge in [0.15, 0.2) is 5.16 Å². The van der Waals surface area contributed by atoms with E-state index < -0.39 is 5.97 Å². The largest absolute Gasteiger partial charge is 0.481 e. The van der Waals surface area contributed by atoms with Gasteiger partial charge in [-0.05, 0) is 18.6 Å². The summed E-state index contributed by atoms with van der Waals surface area (Å²) in [6.07, 6.45) is 2.34. The van der Waals surface area contributed by atoms with E-state index in [4.69, 9.17) is 5.11 Å². The lowest BCUT2D eigenvalue weighted by molar-refractivity contribution is -0.133. The zero-order valence-electron chi connectivity index (χ0n) is 10.3. The molecule has 1 heterocycles. The number of hydrogen-bond donors (Lipinski definition) is 1. The van der Waals surface area contributed by atoms with Crippen LogP contribution >= 0.6 is 11.8 Å². The van der Waals surface area contributed by atoms with Crippen LogP contribution < -0.4 is 0 Å². The minimum absolute atomic E-state index is 0.103. The molecule has 0 aliphatic heterocycles. The molecule has 0 bridgehead atoms. The number of carboxylic acids is 1. The lowest BCUT2D eigenvalue weighted by Crippen LogP contribution is -2.05. The molecule has 2 rings (SSSR count). The Hall–Kier alpha value is -1.82. The average molecular weight is 280 g/mol. The molecule has 19 heavy (non-hydrogen) atoms.